The van der Waals surface area contributed by atoms with Crippen LogP contribution < -0.4 is 48.0 Å². The Morgan fingerprint density at radius 2 is 0.600 bits per heavy atom. The van der Waals surface area contributed by atoms with Gasteiger partial charge in [-0.05, 0) is 0 Å². The van der Waals surface area contributed by atoms with Crippen molar-refractivity contribution >= 4 is 48.9 Å². The zero-order valence-electron chi connectivity index (χ0n) is 2.46. The Balaban J connectivity index is 0. The zero-order valence-corrected chi connectivity index (χ0v) is 11.2. The molecule has 0 atom stereocenters. The van der Waals surface area contributed by atoms with E-state index in [0.717, 1.165) is 0 Å². The predicted molar refractivity (Wildman–Crippen MR) is 13.0 cm³/mol. The first-order chi connectivity index (χ1) is 0. The summed E-state index contributed by atoms with van der Waals surface area (Å²) >= 11 is 0. The fraction of sp³-hybridized carbons (Fsp3) is 0. The van der Waals surface area contributed by atoms with Gasteiger partial charge in [0.05, 0.1) is 0 Å². The van der Waals surface area contributed by atoms with Gasteiger partial charge in [-0.15, -0.1) is 0 Å². The molecule has 32 valence electrons. The molecule has 0 aromatic carbocycles. The molecule has 5 heteroatoms. The molecular weight excluding hydrogens is 423 g/mol. The summed E-state index contributed by atoms with van der Waals surface area (Å²) in [7, 11) is 0. The maximum absolute atomic E-state index is 0. The first-order valence-electron chi connectivity index (χ1n) is 0. The van der Waals surface area contributed by atoms with E-state index in [1.54, 1.807) is 0 Å². The molecule has 0 fully saturated rings. The summed E-state index contributed by atoms with van der Waals surface area (Å²) in [5.41, 5.74) is 0. The Morgan fingerprint density at radius 3 is 0.600 bits per heavy atom. The van der Waals surface area contributed by atoms with Crippen molar-refractivity contribution in [3.63, 3.8) is 0 Å². The Morgan fingerprint density at radius 1 is 0.600 bits per heavy atom. The molecule has 0 aliphatic carbocycles. The van der Waals surface area contributed by atoms with Gasteiger partial charge in [-0.25, -0.2) is 0 Å². The first kappa shape index (κ1) is 44.1. The van der Waals surface area contributed by atoms with Crippen molar-refractivity contribution in [2.24, 2.45) is 0 Å². The number of halogens is 2. The summed E-state index contributed by atoms with van der Waals surface area (Å²) < 4.78 is 0. The summed E-state index contributed by atoms with van der Waals surface area (Å²) in [4.78, 5) is 0. The number of hydrogen-bond donors (Lipinski definition) is 0. The van der Waals surface area contributed by atoms with Crippen molar-refractivity contribution in [2.75, 3.05) is 0 Å². The second-order valence-corrected chi connectivity index (χ2v) is 0. The molecule has 0 aliphatic heterocycles. The van der Waals surface area contributed by atoms with E-state index < -0.39 is 0 Å². The van der Waals surface area contributed by atoms with Gasteiger partial charge in [0.25, 0.3) is 0 Å². The van der Waals surface area contributed by atoms with E-state index in [2.05, 4.69) is 0 Å². The monoisotopic (exact) mass is 428 g/mol. The van der Waals surface area contributed by atoms with E-state index in [-0.39, 0.29) is 108 Å². The van der Waals surface area contributed by atoms with Crippen LogP contribution in [-0.4, -0.2) is 59.8 Å². The number of hydrogen-bond acceptors (Lipinski definition) is 0. The number of rotatable bonds is 0. The molecule has 0 aromatic rings. The van der Waals surface area contributed by atoms with E-state index in [4.69, 9.17) is 0 Å². The van der Waals surface area contributed by atoms with Gasteiger partial charge in [0.2, 0.25) is 0 Å². The summed E-state index contributed by atoms with van der Waals surface area (Å²) in [5, 5.41) is 0. The van der Waals surface area contributed by atoms with E-state index in [0.29, 0.717) is 0 Å². The van der Waals surface area contributed by atoms with Crippen molar-refractivity contribution in [1.82, 2.24) is 0 Å². The zero-order chi connectivity index (χ0) is 0. The Labute approximate surface area is 105 Å². The van der Waals surface area contributed by atoms with Crippen molar-refractivity contribution in [1.29, 1.82) is 0 Å². The standard InChI is InChI=1S/Ba.2HI.2H2O/h;2*1H;2*1H2/q+2;;;;/p-2. The molecule has 4 N–H and O–H groups in total. The van der Waals surface area contributed by atoms with Gasteiger partial charge in [0.1, 0.15) is 0 Å². The van der Waals surface area contributed by atoms with Gasteiger partial charge in [-0.1, -0.05) is 0 Å². The molecule has 0 rings (SSSR count). The van der Waals surface area contributed by atoms with Crippen molar-refractivity contribution in [3.05, 3.63) is 0 Å². The summed E-state index contributed by atoms with van der Waals surface area (Å²) in [6.07, 6.45) is 0. The van der Waals surface area contributed by atoms with E-state index in [9.17, 15) is 0 Å². The quantitative estimate of drug-likeness (QED) is 0.273. The third kappa shape index (κ3) is 19.6. The summed E-state index contributed by atoms with van der Waals surface area (Å²) in [5.74, 6) is 0. The third-order valence-electron chi connectivity index (χ3n) is 0. The van der Waals surface area contributed by atoms with Crippen LogP contribution in [0.4, 0.5) is 0 Å². The Bertz CT molecular complexity index is 7.61. The first-order valence-corrected chi connectivity index (χ1v) is 0. The van der Waals surface area contributed by atoms with Crippen LogP contribution in [0.1, 0.15) is 0 Å². The van der Waals surface area contributed by atoms with Crippen molar-refractivity contribution in [3.8, 4) is 0 Å². The normalized spacial score (nSPS) is 0. The van der Waals surface area contributed by atoms with Crippen LogP contribution in [0.15, 0.2) is 0 Å². The van der Waals surface area contributed by atoms with Gasteiger partial charge in [0, 0.05) is 0 Å². The van der Waals surface area contributed by atoms with Gasteiger partial charge >= 0.3 is 48.9 Å². The van der Waals surface area contributed by atoms with Gasteiger partial charge < -0.3 is 58.9 Å². The third-order valence-corrected chi connectivity index (χ3v) is 0. The fourth-order valence-corrected chi connectivity index (χ4v) is 0. The maximum atomic E-state index is 0. The molecule has 5 heavy (non-hydrogen) atoms. The predicted octanol–water partition coefficient (Wildman–Crippen LogP) is -8.02. The topological polar surface area (TPSA) is 63.0 Å². The fourth-order valence-electron chi connectivity index (χ4n) is 0. The Hall–Kier alpha value is 2.95. The SMILES string of the molecule is O.O.[Ba+2].[I-].[I-]. The van der Waals surface area contributed by atoms with Crippen LogP contribution in [0.5, 0.6) is 0 Å². The second-order valence-electron chi connectivity index (χ2n) is 0. The molecular formula is H4BaI2O2. The van der Waals surface area contributed by atoms with Gasteiger partial charge in [0.15, 0.2) is 0 Å². The van der Waals surface area contributed by atoms with E-state index >= 15 is 0 Å². The second kappa shape index (κ2) is 28.3. The van der Waals surface area contributed by atoms with Gasteiger partial charge in [-0.2, -0.15) is 0 Å². The van der Waals surface area contributed by atoms with Gasteiger partial charge in [-0.3, -0.25) is 0 Å². The van der Waals surface area contributed by atoms with Crippen LogP contribution in [0, 0.1) is 0 Å². The molecule has 0 radical (unpaired) electrons. The molecule has 0 bridgehead atoms. The van der Waals surface area contributed by atoms with Crippen molar-refractivity contribution < 1.29 is 58.9 Å². The molecule has 0 heterocycles. The van der Waals surface area contributed by atoms with Crippen LogP contribution >= 0.6 is 0 Å². The Kier molecular flexibility index (Phi) is 249. The molecule has 0 amide bonds. The summed E-state index contributed by atoms with van der Waals surface area (Å²) in [6.45, 7) is 0. The molecule has 0 saturated carbocycles. The molecule has 0 aliphatic rings. The molecule has 0 saturated heterocycles. The molecule has 0 unspecified atom stereocenters. The van der Waals surface area contributed by atoms with Crippen LogP contribution in [0.2, 0.25) is 0 Å². The average molecular weight is 427 g/mol. The average Bonchev–Trinajstić information content (AvgIpc) is 0. The molecule has 0 aromatic heterocycles. The smallest absolute Gasteiger partial charge is 1.00 e. The minimum Gasteiger partial charge on any atom is -1.00 e. The van der Waals surface area contributed by atoms with Crippen LogP contribution in [0.3, 0.4) is 0 Å². The molecule has 2 nitrogen and oxygen atoms in total. The minimum absolute atomic E-state index is 0. The minimum atomic E-state index is 0. The van der Waals surface area contributed by atoms with E-state index in [1.165, 1.54) is 0 Å². The van der Waals surface area contributed by atoms with Crippen LogP contribution in [-0.2, 0) is 0 Å². The van der Waals surface area contributed by atoms with Crippen LogP contribution in [0.25, 0.3) is 0 Å². The summed E-state index contributed by atoms with van der Waals surface area (Å²) in [6, 6.07) is 0. The van der Waals surface area contributed by atoms with Crippen molar-refractivity contribution in [2.45, 2.75) is 0 Å². The largest absolute Gasteiger partial charge is 2.00 e. The maximum Gasteiger partial charge on any atom is 2.00 e. The van der Waals surface area contributed by atoms with E-state index in [1.807, 2.05) is 0 Å². The molecule has 0 spiro atoms.